The van der Waals surface area contributed by atoms with Crippen molar-refractivity contribution in [1.29, 1.82) is 0 Å². The standard InChI is InChI=1S/C18H27ClN2O/c1-18(2)12-21(8-7-17(18)20)10-14-9-15(19)5-6-16(14)22-11-13-3-4-13/h5-6,9,13,17H,3-4,7-8,10-12,20H2,1-2H3. The molecule has 3 rings (SSSR count). The van der Waals surface area contributed by atoms with Gasteiger partial charge in [-0.1, -0.05) is 25.4 Å². The van der Waals surface area contributed by atoms with Gasteiger partial charge >= 0.3 is 0 Å². The fourth-order valence-electron chi connectivity index (χ4n) is 3.17. The molecule has 0 bridgehead atoms. The molecule has 0 radical (unpaired) electrons. The Morgan fingerprint density at radius 2 is 2.09 bits per heavy atom. The lowest BCUT2D eigenvalue weighted by Crippen LogP contribution is -2.52. The Morgan fingerprint density at radius 3 is 2.77 bits per heavy atom. The summed E-state index contributed by atoms with van der Waals surface area (Å²) >= 11 is 6.19. The first-order chi connectivity index (χ1) is 10.4. The average molecular weight is 323 g/mol. The molecular weight excluding hydrogens is 296 g/mol. The van der Waals surface area contributed by atoms with E-state index in [2.05, 4.69) is 18.7 Å². The molecule has 2 aliphatic rings. The highest BCUT2D eigenvalue weighted by atomic mass is 35.5. The number of rotatable bonds is 5. The number of piperidine rings is 1. The number of halogens is 1. The number of likely N-dealkylation sites (tertiary alicyclic amines) is 1. The molecule has 1 aromatic carbocycles. The van der Waals surface area contributed by atoms with Crippen molar-refractivity contribution in [2.45, 2.75) is 45.7 Å². The number of nitrogens with two attached hydrogens (primary N) is 1. The highest BCUT2D eigenvalue weighted by molar-refractivity contribution is 6.30. The van der Waals surface area contributed by atoms with Crippen LogP contribution in [0.2, 0.25) is 5.02 Å². The van der Waals surface area contributed by atoms with Crippen LogP contribution < -0.4 is 10.5 Å². The van der Waals surface area contributed by atoms with Gasteiger partial charge in [-0.05, 0) is 48.8 Å². The van der Waals surface area contributed by atoms with Crippen LogP contribution in [0.5, 0.6) is 5.75 Å². The summed E-state index contributed by atoms with van der Waals surface area (Å²) in [5, 5.41) is 0.779. The van der Waals surface area contributed by atoms with Crippen LogP contribution >= 0.6 is 11.6 Å². The fourth-order valence-corrected chi connectivity index (χ4v) is 3.36. The van der Waals surface area contributed by atoms with Gasteiger partial charge in [0.2, 0.25) is 0 Å². The Hall–Kier alpha value is -0.770. The summed E-state index contributed by atoms with van der Waals surface area (Å²) in [6, 6.07) is 6.27. The van der Waals surface area contributed by atoms with Gasteiger partial charge in [0.15, 0.2) is 0 Å². The quantitative estimate of drug-likeness (QED) is 0.898. The predicted octanol–water partition coefficient (Wildman–Crippen LogP) is 3.69. The lowest BCUT2D eigenvalue weighted by Gasteiger charge is -2.42. The van der Waals surface area contributed by atoms with Gasteiger partial charge in [0, 0.05) is 36.3 Å². The molecule has 1 aliphatic carbocycles. The number of hydrogen-bond acceptors (Lipinski definition) is 3. The van der Waals surface area contributed by atoms with E-state index in [1.807, 2.05) is 18.2 Å². The van der Waals surface area contributed by atoms with Crippen LogP contribution in [0.1, 0.15) is 38.7 Å². The van der Waals surface area contributed by atoms with Crippen LogP contribution in [-0.4, -0.2) is 30.6 Å². The maximum absolute atomic E-state index is 6.24. The van der Waals surface area contributed by atoms with Crippen molar-refractivity contribution < 1.29 is 4.74 Å². The zero-order valence-electron chi connectivity index (χ0n) is 13.6. The molecule has 4 heteroatoms. The third-order valence-electron chi connectivity index (χ3n) is 4.98. The van der Waals surface area contributed by atoms with E-state index in [-0.39, 0.29) is 11.5 Å². The van der Waals surface area contributed by atoms with Gasteiger partial charge in [-0.3, -0.25) is 4.90 Å². The minimum absolute atomic E-state index is 0.159. The van der Waals surface area contributed by atoms with Crippen molar-refractivity contribution >= 4 is 11.6 Å². The largest absolute Gasteiger partial charge is 0.493 e. The molecule has 1 heterocycles. The highest BCUT2D eigenvalue weighted by Gasteiger charge is 2.33. The summed E-state index contributed by atoms with van der Waals surface area (Å²) in [6.45, 7) is 8.29. The van der Waals surface area contributed by atoms with Gasteiger partial charge in [0.25, 0.3) is 0 Å². The summed E-state index contributed by atoms with van der Waals surface area (Å²) in [6.07, 6.45) is 3.66. The van der Waals surface area contributed by atoms with Crippen LogP contribution in [0, 0.1) is 11.3 Å². The van der Waals surface area contributed by atoms with E-state index in [1.165, 1.54) is 18.4 Å². The van der Waals surface area contributed by atoms with E-state index in [4.69, 9.17) is 22.1 Å². The van der Waals surface area contributed by atoms with Crippen LogP contribution in [0.25, 0.3) is 0 Å². The Labute approximate surface area is 138 Å². The molecule has 1 saturated heterocycles. The first-order valence-electron chi connectivity index (χ1n) is 8.33. The second kappa shape index (κ2) is 6.38. The maximum Gasteiger partial charge on any atom is 0.123 e. The molecule has 2 fully saturated rings. The summed E-state index contributed by atoms with van der Waals surface area (Å²) in [5.74, 6) is 1.75. The average Bonchev–Trinajstić information content (AvgIpc) is 3.26. The molecule has 0 aromatic heterocycles. The van der Waals surface area contributed by atoms with Crippen molar-refractivity contribution in [2.75, 3.05) is 19.7 Å². The summed E-state index contributed by atoms with van der Waals surface area (Å²) in [7, 11) is 0. The minimum atomic E-state index is 0.159. The molecule has 2 N–H and O–H groups in total. The van der Waals surface area contributed by atoms with E-state index >= 15 is 0 Å². The molecule has 0 amide bonds. The summed E-state index contributed by atoms with van der Waals surface area (Å²) in [5.41, 5.74) is 7.59. The number of nitrogens with zero attached hydrogens (tertiary/aromatic N) is 1. The van der Waals surface area contributed by atoms with Crippen molar-refractivity contribution in [2.24, 2.45) is 17.1 Å². The normalized spacial score (nSPS) is 25.2. The third kappa shape index (κ3) is 3.95. The van der Waals surface area contributed by atoms with E-state index in [0.29, 0.717) is 0 Å². The topological polar surface area (TPSA) is 38.5 Å². The molecule has 1 saturated carbocycles. The molecule has 22 heavy (non-hydrogen) atoms. The second-order valence-corrected chi connectivity index (χ2v) is 8.04. The Morgan fingerprint density at radius 1 is 1.32 bits per heavy atom. The van der Waals surface area contributed by atoms with Gasteiger partial charge in [0.05, 0.1) is 6.61 Å². The van der Waals surface area contributed by atoms with Crippen molar-refractivity contribution in [3.05, 3.63) is 28.8 Å². The van der Waals surface area contributed by atoms with E-state index in [9.17, 15) is 0 Å². The molecule has 1 aliphatic heterocycles. The Kier molecular flexibility index (Phi) is 4.67. The lowest BCUT2D eigenvalue weighted by molar-refractivity contribution is 0.0889. The SMILES string of the molecule is CC1(C)CN(Cc2cc(Cl)ccc2OCC2CC2)CCC1N. The van der Waals surface area contributed by atoms with Crippen molar-refractivity contribution in [1.82, 2.24) is 4.90 Å². The van der Waals surface area contributed by atoms with Crippen LogP contribution in [0.15, 0.2) is 18.2 Å². The molecule has 1 atom stereocenters. The van der Waals surface area contributed by atoms with Crippen LogP contribution in [-0.2, 0) is 6.54 Å². The monoisotopic (exact) mass is 322 g/mol. The van der Waals surface area contributed by atoms with Gasteiger partial charge in [-0.15, -0.1) is 0 Å². The van der Waals surface area contributed by atoms with Gasteiger partial charge in [0.1, 0.15) is 5.75 Å². The predicted molar refractivity (Wildman–Crippen MR) is 91.3 cm³/mol. The number of ether oxygens (including phenoxy) is 1. The van der Waals surface area contributed by atoms with Gasteiger partial charge in [-0.2, -0.15) is 0 Å². The van der Waals surface area contributed by atoms with Crippen molar-refractivity contribution in [3.63, 3.8) is 0 Å². The van der Waals surface area contributed by atoms with Gasteiger partial charge < -0.3 is 10.5 Å². The molecular formula is C18H27ClN2O. The first kappa shape index (κ1) is 16.1. The molecule has 122 valence electrons. The van der Waals surface area contributed by atoms with E-state index in [1.54, 1.807) is 0 Å². The van der Waals surface area contributed by atoms with Gasteiger partial charge in [-0.25, -0.2) is 0 Å². The second-order valence-electron chi connectivity index (χ2n) is 7.60. The Balaban J connectivity index is 1.68. The smallest absolute Gasteiger partial charge is 0.123 e. The highest BCUT2D eigenvalue weighted by Crippen LogP contribution is 2.33. The zero-order valence-corrected chi connectivity index (χ0v) is 14.4. The first-order valence-corrected chi connectivity index (χ1v) is 8.71. The number of hydrogen-bond donors (Lipinski definition) is 1. The lowest BCUT2D eigenvalue weighted by atomic mass is 9.79. The third-order valence-corrected chi connectivity index (χ3v) is 5.21. The summed E-state index contributed by atoms with van der Waals surface area (Å²) in [4.78, 5) is 2.47. The molecule has 1 unspecified atom stereocenters. The van der Waals surface area contributed by atoms with Crippen LogP contribution in [0.4, 0.5) is 0 Å². The van der Waals surface area contributed by atoms with E-state index in [0.717, 1.165) is 49.4 Å². The fraction of sp³-hybridized carbons (Fsp3) is 0.667. The summed E-state index contributed by atoms with van der Waals surface area (Å²) < 4.78 is 6.02. The molecule has 3 nitrogen and oxygen atoms in total. The zero-order chi connectivity index (χ0) is 15.7. The van der Waals surface area contributed by atoms with E-state index < -0.39 is 0 Å². The van der Waals surface area contributed by atoms with Crippen molar-refractivity contribution in [3.8, 4) is 5.75 Å². The molecule has 0 spiro atoms. The van der Waals surface area contributed by atoms with Crippen LogP contribution in [0.3, 0.4) is 0 Å². The minimum Gasteiger partial charge on any atom is -0.493 e. The molecule has 1 aromatic rings. The number of benzene rings is 1. The Bertz CT molecular complexity index is 528. The maximum atomic E-state index is 6.24.